The lowest BCUT2D eigenvalue weighted by Crippen LogP contribution is -2.36. The van der Waals surface area contributed by atoms with Crippen molar-refractivity contribution < 1.29 is 33.3 Å². The van der Waals surface area contributed by atoms with Crippen molar-refractivity contribution in [3.8, 4) is 5.75 Å². The molecule has 0 heterocycles. The normalized spacial score (nSPS) is 9.83. The predicted molar refractivity (Wildman–Crippen MR) is 87.9 cm³/mol. The first-order valence-corrected chi connectivity index (χ1v) is 7.58. The highest BCUT2D eigenvalue weighted by Crippen LogP contribution is 2.31. The number of methoxy groups -OCH3 is 3. The van der Waals surface area contributed by atoms with Crippen LogP contribution in [-0.2, 0) is 28.6 Å². The van der Waals surface area contributed by atoms with Crippen molar-refractivity contribution in [1.29, 1.82) is 0 Å². The summed E-state index contributed by atoms with van der Waals surface area (Å²) >= 11 is 3.30. The number of esters is 3. The van der Waals surface area contributed by atoms with Gasteiger partial charge in [-0.15, -0.1) is 0 Å². The van der Waals surface area contributed by atoms with Gasteiger partial charge in [0.2, 0.25) is 0 Å². The number of carbonyl (C=O) groups is 3. The molecule has 0 fully saturated rings. The second kappa shape index (κ2) is 9.76. The van der Waals surface area contributed by atoms with Crippen LogP contribution in [0.5, 0.6) is 5.75 Å². The Morgan fingerprint density at radius 2 is 1.50 bits per heavy atom. The van der Waals surface area contributed by atoms with E-state index in [2.05, 4.69) is 30.1 Å². The lowest BCUT2D eigenvalue weighted by molar-refractivity contribution is -0.143. The highest BCUT2D eigenvalue weighted by molar-refractivity contribution is 9.10. The van der Waals surface area contributed by atoms with Gasteiger partial charge in [-0.05, 0) is 18.2 Å². The zero-order valence-electron chi connectivity index (χ0n) is 13.5. The molecule has 0 saturated carbocycles. The minimum atomic E-state index is -0.562. The van der Waals surface area contributed by atoms with Gasteiger partial charge in [0, 0.05) is 4.47 Å². The lowest BCUT2D eigenvalue weighted by atomic mass is 10.2. The van der Waals surface area contributed by atoms with E-state index in [0.717, 1.165) is 0 Å². The summed E-state index contributed by atoms with van der Waals surface area (Å²) in [6, 6.07) is 4.96. The average Bonchev–Trinajstić information content (AvgIpc) is 2.58. The van der Waals surface area contributed by atoms with Gasteiger partial charge in [-0.25, -0.2) is 4.79 Å². The molecule has 0 aliphatic heterocycles. The van der Waals surface area contributed by atoms with Gasteiger partial charge in [0.15, 0.2) is 6.61 Å². The molecule has 1 aromatic rings. The zero-order chi connectivity index (χ0) is 18.1. The molecule has 0 radical (unpaired) electrons. The minimum absolute atomic E-state index is 0.193. The average molecular weight is 404 g/mol. The lowest BCUT2D eigenvalue weighted by Gasteiger charge is -2.24. The topological polar surface area (TPSA) is 91.4 Å². The summed E-state index contributed by atoms with van der Waals surface area (Å²) in [5.41, 5.74) is 0.429. The first-order chi connectivity index (χ1) is 11.4. The van der Waals surface area contributed by atoms with Gasteiger partial charge in [-0.1, -0.05) is 15.9 Å². The smallest absolute Gasteiger partial charge is 0.343 e. The standard InChI is InChI=1S/C15H18BrNO7/c1-21-13(18)7-17(8-14(19)22-2)11-5-4-10(16)6-12(11)24-9-15(20)23-3/h4-6H,7-9H2,1-3H3. The molecule has 8 nitrogen and oxygen atoms in total. The zero-order valence-corrected chi connectivity index (χ0v) is 15.1. The van der Waals surface area contributed by atoms with Crippen LogP contribution in [0.15, 0.2) is 22.7 Å². The summed E-state index contributed by atoms with van der Waals surface area (Å²) in [5, 5.41) is 0. The molecule has 132 valence electrons. The van der Waals surface area contributed by atoms with Crippen molar-refractivity contribution >= 4 is 39.5 Å². The van der Waals surface area contributed by atoms with Crippen molar-refractivity contribution in [2.24, 2.45) is 0 Å². The predicted octanol–water partition coefficient (Wildman–Crippen LogP) is 1.15. The molecule has 0 aliphatic rings. The van der Waals surface area contributed by atoms with Crippen LogP contribution in [0, 0.1) is 0 Å². The molecule has 9 heteroatoms. The van der Waals surface area contributed by atoms with Crippen LogP contribution in [0.2, 0.25) is 0 Å². The molecular formula is C15H18BrNO7. The number of anilines is 1. The van der Waals surface area contributed by atoms with Crippen LogP contribution >= 0.6 is 15.9 Å². The van der Waals surface area contributed by atoms with E-state index in [1.165, 1.54) is 26.2 Å². The highest BCUT2D eigenvalue weighted by Gasteiger charge is 2.20. The Bertz CT molecular complexity index is 587. The third-order valence-corrected chi connectivity index (χ3v) is 3.42. The van der Waals surface area contributed by atoms with Crippen LogP contribution in [-0.4, -0.2) is 58.9 Å². The van der Waals surface area contributed by atoms with Gasteiger partial charge in [0.05, 0.1) is 27.0 Å². The summed E-state index contributed by atoms with van der Waals surface area (Å²) in [7, 11) is 3.73. The van der Waals surface area contributed by atoms with Crippen molar-refractivity contribution in [1.82, 2.24) is 0 Å². The Kier molecular flexibility index (Phi) is 8.03. The molecule has 0 unspecified atom stereocenters. The Labute approximate surface area is 147 Å². The number of benzene rings is 1. The maximum absolute atomic E-state index is 11.6. The quantitative estimate of drug-likeness (QED) is 0.471. The van der Waals surface area contributed by atoms with E-state index in [1.54, 1.807) is 18.2 Å². The van der Waals surface area contributed by atoms with E-state index in [1.807, 2.05) is 0 Å². The molecule has 1 aromatic carbocycles. The Hall–Kier alpha value is -2.29. The van der Waals surface area contributed by atoms with E-state index in [9.17, 15) is 14.4 Å². The minimum Gasteiger partial charge on any atom is -0.480 e. The fourth-order valence-electron chi connectivity index (χ4n) is 1.73. The second-order valence-corrected chi connectivity index (χ2v) is 5.40. The molecule has 24 heavy (non-hydrogen) atoms. The van der Waals surface area contributed by atoms with Crippen molar-refractivity contribution in [3.05, 3.63) is 22.7 Å². The number of carbonyl (C=O) groups excluding carboxylic acids is 3. The molecular weight excluding hydrogens is 386 g/mol. The van der Waals surface area contributed by atoms with Crippen LogP contribution in [0.4, 0.5) is 5.69 Å². The van der Waals surface area contributed by atoms with Crippen LogP contribution in [0.1, 0.15) is 0 Å². The molecule has 0 saturated heterocycles. The fraction of sp³-hybridized carbons (Fsp3) is 0.400. The Balaban J connectivity index is 3.11. The highest BCUT2D eigenvalue weighted by atomic mass is 79.9. The molecule has 0 spiro atoms. The first kappa shape index (κ1) is 19.8. The Morgan fingerprint density at radius 1 is 0.958 bits per heavy atom. The SMILES string of the molecule is COC(=O)COc1cc(Br)ccc1N(CC(=O)OC)CC(=O)OC. The molecule has 0 aliphatic carbocycles. The molecule has 0 N–H and O–H groups in total. The van der Waals surface area contributed by atoms with E-state index >= 15 is 0 Å². The molecule has 1 rings (SSSR count). The van der Waals surface area contributed by atoms with Gasteiger partial charge in [0.25, 0.3) is 0 Å². The van der Waals surface area contributed by atoms with Gasteiger partial charge in [-0.3, -0.25) is 9.59 Å². The number of rotatable bonds is 8. The summed E-state index contributed by atoms with van der Waals surface area (Å²) in [4.78, 5) is 35.9. The number of nitrogens with zero attached hydrogens (tertiary/aromatic N) is 1. The van der Waals surface area contributed by atoms with Gasteiger partial charge < -0.3 is 23.8 Å². The van der Waals surface area contributed by atoms with E-state index in [4.69, 9.17) is 4.74 Å². The maximum Gasteiger partial charge on any atom is 0.343 e. The summed E-state index contributed by atoms with van der Waals surface area (Å²) in [6.45, 7) is -0.701. The van der Waals surface area contributed by atoms with Crippen LogP contribution in [0.3, 0.4) is 0 Å². The van der Waals surface area contributed by atoms with Crippen molar-refractivity contribution in [3.63, 3.8) is 0 Å². The molecule has 0 bridgehead atoms. The number of halogens is 1. The van der Waals surface area contributed by atoms with Crippen LogP contribution in [0.25, 0.3) is 0 Å². The maximum atomic E-state index is 11.6. The Morgan fingerprint density at radius 3 is 2.00 bits per heavy atom. The van der Waals surface area contributed by atoms with Gasteiger partial charge >= 0.3 is 17.9 Å². The number of ether oxygens (including phenoxy) is 4. The molecule has 0 amide bonds. The number of hydrogen-bond acceptors (Lipinski definition) is 8. The van der Waals surface area contributed by atoms with Crippen molar-refractivity contribution in [2.75, 3.05) is 45.9 Å². The van der Waals surface area contributed by atoms with E-state index in [0.29, 0.717) is 15.9 Å². The van der Waals surface area contributed by atoms with Gasteiger partial charge in [0.1, 0.15) is 18.8 Å². The van der Waals surface area contributed by atoms with Crippen molar-refractivity contribution in [2.45, 2.75) is 0 Å². The monoisotopic (exact) mass is 403 g/mol. The molecule has 0 atom stereocenters. The first-order valence-electron chi connectivity index (χ1n) is 6.79. The summed E-state index contributed by atoms with van der Waals surface area (Å²) in [6.07, 6.45) is 0. The van der Waals surface area contributed by atoms with Crippen LogP contribution < -0.4 is 9.64 Å². The largest absolute Gasteiger partial charge is 0.480 e. The summed E-state index contributed by atoms with van der Waals surface area (Å²) < 4.78 is 19.9. The van der Waals surface area contributed by atoms with Gasteiger partial charge in [-0.2, -0.15) is 0 Å². The molecule has 0 aromatic heterocycles. The third kappa shape index (κ3) is 6.07. The second-order valence-electron chi connectivity index (χ2n) is 4.49. The third-order valence-electron chi connectivity index (χ3n) is 2.93. The van der Waals surface area contributed by atoms with E-state index in [-0.39, 0.29) is 19.7 Å². The number of hydrogen-bond donors (Lipinski definition) is 0. The summed E-state index contributed by atoms with van der Waals surface area (Å²) in [5.74, 6) is -1.35. The fourth-order valence-corrected chi connectivity index (χ4v) is 2.07. The van der Waals surface area contributed by atoms with E-state index < -0.39 is 17.9 Å².